The molecular weight excluding hydrogens is 518 g/mol. The van der Waals surface area contributed by atoms with Crippen molar-refractivity contribution in [3.63, 3.8) is 0 Å². The summed E-state index contributed by atoms with van der Waals surface area (Å²) < 4.78 is 37.1. The highest BCUT2D eigenvalue weighted by molar-refractivity contribution is 7.92. The summed E-state index contributed by atoms with van der Waals surface area (Å²) in [6.07, 6.45) is 5.65. The second-order valence-corrected chi connectivity index (χ2v) is 11.8. The summed E-state index contributed by atoms with van der Waals surface area (Å²) in [4.78, 5) is 28.1. The number of anilines is 1. The molecule has 0 radical (unpaired) electrons. The number of amides is 2. The molecule has 1 saturated carbocycles. The van der Waals surface area contributed by atoms with Crippen LogP contribution in [-0.4, -0.2) is 63.7 Å². The summed E-state index contributed by atoms with van der Waals surface area (Å²) in [6, 6.07) is 13.7. The smallest absolute Gasteiger partial charge is 0.242 e. The van der Waals surface area contributed by atoms with E-state index in [4.69, 9.17) is 9.47 Å². The third-order valence-electron chi connectivity index (χ3n) is 6.97. The zero-order valence-electron chi connectivity index (χ0n) is 23.4. The van der Waals surface area contributed by atoms with Crippen LogP contribution in [0.15, 0.2) is 48.5 Å². The number of benzene rings is 2. The van der Waals surface area contributed by atoms with E-state index in [1.54, 1.807) is 43.2 Å². The molecule has 1 fully saturated rings. The molecule has 2 aromatic rings. The van der Waals surface area contributed by atoms with Gasteiger partial charge < -0.3 is 19.7 Å². The Morgan fingerprint density at radius 3 is 2.21 bits per heavy atom. The number of hydrogen-bond donors (Lipinski definition) is 1. The molecule has 1 aliphatic carbocycles. The van der Waals surface area contributed by atoms with Gasteiger partial charge in [0, 0.05) is 25.6 Å². The number of sulfonamides is 1. The maximum atomic E-state index is 13.5. The lowest BCUT2D eigenvalue weighted by Crippen LogP contribution is -2.49. The minimum absolute atomic E-state index is 0.0975. The third kappa shape index (κ3) is 8.88. The van der Waals surface area contributed by atoms with Crippen molar-refractivity contribution in [2.75, 3.05) is 30.8 Å². The number of hydrogen-bond acceptors (Lipinski definition) is 6. The van der Waals surface area contributed by atoms with E-state index in [-0.39, 0.29) is 37.4 Å². The molecule has 10 heteroatoms. The lowest BCUT2D eigenvalue weighted by atomic mass is 10.1. The fraction of sp³-hybridized carbons (Fsp3) is 0.517. The molecule has 1 N–H and O–H groups in total. The molecule has 1 atom stereocenters. The maximum absolute atomic E-state index is 13.5. The molecule has 1 unspecified atom stereocenters. The standard InChI is InChI=1S/C29H41N3O6S/c1-5-38-27-18-14-25(15-19-27)32(39(4,35)36)20-8-11-28(33)31(21-23-12-16-26(37-3)17-13-23)22(2)29(34)30-24-9-6-7-10-24/h12-19,22,24H,5-11,20-21H2,1-4H3,(H,30,34). The second-order valence-electron chi connectivity index (χ2n) is 9.90. The molecule has 39 heavy (non-hydrogen) atoms. The maximum Gasteiger partial charge on any atom is 0.242 e. The van der Waals surface area contributed by atoms with E-state index < -0.39 is 16.1 Å². The van der Waals surface area contributed by atoms with Gasteiger partial charge in [-0.1, -0.05) is 25.0 Å². The Balaban J connectivity index is 1.70. The Labute approximate surface area is 232 Å². The normalized spacial score (nSPS) is 14.5. The monoisotopic (exact) mass is 559 g/mol. The van der Waals surface area contributed by atoms with Crippen LogP contribution in [0.4, 0.5) is 5.69 Å². The largest absolute Gasteiger partial charge is 0.497 e. The van der Waals surface area contributed by atoms with E-state index in [0.29, 0.717) is 30.2 Å². The molecule has 1 aliphatic rings. The first-order valence-electron chi connectivity index (χ1n) is 13.6. The summed E-state index contributed by atoms with van der Waals surface area (Å²) in [7, 11) is -1.98. The third-order valence-corrected chi connectivity index (χ3v) is 8.16. The van der Waals surface area contributed by atoms with Crippen LogP contribution in [0.2, 0.25) is 0 Å². The zero-order valence-corrected chi connectivity index (χ0v) is 24.2. The first-order chi connectivity index (χ1) is 18.6. The van der Waals surface area contributed by atoms with Gasteiger partial charge in [-0.3, -0.25) is 13.9 Å². The summed E-state index contributed by atoms with van der Waals surface area (Å²) in [6.45, 7) is 4.54. The predicted molar refractivity (Wildman–Crippen MR) is 152 cm³/mol. The summed E-state index contributed by atoms with van der Waals surface area (Å²) in [5.41, 5.74) is 1.38. The van der Waals surface area contributed by atoms with E-state index in [1.807, 2.05) is 31.2 Å². The average Bonchev–Trinajstić information content (AvgIpc) is 3.42. The minimum Gasteiger partial charge on any atom is -0.497 e. The topological polar surface area (TPSA) is 105 Å². The summed E-state index contributed by atoms with van der Waals surface area (Å²) in [5.74, 6) is 0.985. The van der Waals surface area contributed by atoms with Crippen LogP contribution in [-0.2, 0) is 26.2 Å². The zero-order chi connectivity index (χ0) is 28.4. The lowest BCUT2D eigenvalue weighted by Gasteiger charge is -2.30. The van der Waals surface area contributed by atoms with Crippen LogP contribution in [0, 0.1) is 0 Å². The Kier molecular flexibility index (Phi) is 11.0. The SMILES string of the molecule is CCOc1ccc(N(CCCC(=O)N(Cc2ccc(OC)cc2)C(C)C(=O)NC2CCCC2)S(C)(=O)=O)cc1. The van der Waals surface area contributed by atoms with E-state index in [9.17, 15) is 18.0 Å². The van der Waals surface area contributed by atoms with Crippen molar-refractivity contribution >= 4 is 27.5 Å². The molecule has 2 amide bonds. The first-order valence-corrected chi connectivity index (χ1v) is 15.4. The minimum atomic E-state index is -3.57. The number of carbonyl (C=O) groups excluding carboxylic acids is 2. The Morgan fingerprint density at radius 1 is 1.03 bits per heavy atom. The van der Waals surface area contributed by atoms with Crippen molar-refractivity contribution in [2.24, 2.45) is 0 Å². The molecule has 0 spiro atoms. The molecular formula is C29H41N3O6S. The molecule has 0 aliphatic heterocycles. The molecule has 0 bridgehead atoms. The Bertz CT molecular complexity index is 1180. The van der Waals surface area contributed by atoms with Crippen LogP contribution in [0.25, 0.3) is 0 Å². The summed E-state index contributed by atoms with van der Waals surface area (Å²) >= 11 is 0. The van der Waals surface area contributed by atoms with E-state index >= 15 is 0 Å². The number of carbonyl (C=O) groups is 2. The molecule has 214 valence electrons. The molecule has 2 aromatic carbocycles. The van der Waals surface area contributed by atoms with Crippen molar-refractivity contribution < 1.29 is 27.5 Å². The molecule has 0 heterocycles. The molecule has 9 nitrogen and oxygen atoms in total. The van der Waals surface area contributed by atoms with Crippen molar-refractivity contribution in [3.8, 4) is 11.5 Å². The highest BCUT2D eigenvalue weighted by atomic mass is 32.2. The van der Waals surface area contributed by atoms with Gasteiger partial charge in [0.1, 0.15) is 17.5 Å². The average molecular weight is 560 g/mol. The van der Waals surface area contributed by atoms with Gasteiger partial charge in [-0.15, -0.1) is 0 Å². The predicted octanol–water partition coefficient (Wildman–Crippen LogP) is 4.12. The van der Waals surface area contributed by atoms with Gasteiger partial charge in [0.2, 0.25) is 21.8 Å². The highest BCUT2D eigenvalue weighted by Crippen LogP contribution is 2.23. The van der Waals surface area contributed by atoms with E-state index in [2.05, 4.69) is 5.32 Å². The van der Waals surface area contributed by atoms with E-state index in [0.717, 1.165) is 37.5 Å². The number of nitrogens with zero attached hydrogens (tertiary/aromatic N) is 2. The molecule has 3 rings (SSSR count). The fourth-order valence-corrected chi connectivity index (χ4v) is 5.75. The van der Waals surface area contributed by atoms with Gasteiger partial charge >= 0.3 is 0 Å². The van der Waals surface area contributed by atoms with Gasteiger partial charge in [0.25, 0.3) is 0 Å². The highest BCUT2D eigenvalue weighted by Gasteiger charge is 2.28. The van der Waals surface area contributed by atoms with Gasteiger partial charge in [0.05, 0.1) is 25.7 Å². The Hall–Kier alpha value is -3.27. The van der Waals surface area contributed by atoms with Crippen LogP contribution in [0.5, 0.6) is 11.5 Å². The Morgan fingerprint density at radius 2 is 1.64 bits per heavy atom. The van der Waals surface area contributed by atoms with Gasteiger partial charge in [0.15, 0.2) is 0 Å². The van der Waals surface area contributed by atoms with Crippen LogP contribution >= 0.6 is 0 Å². The van der Waals surface area contributed by atoms with Crippen molar-refractivity contribution in [2.45, 2.75) is 71.0 Å². The number of rotatable bonds is 14. The summed E-state index contributed by atoms with van der Waals surface area (Å²) in [5, 5.41) is 3.10. The van der Waals surface area contributed by atoms with Crippen LogP contribution < -0.4 is 19.1 Å². The van der Waals surface area contributed by atoms with Crippen LogP contribution in [0.1, 0.15) is 57.9 Å². The van der Waals surface area contributed by atoms with Gasteiger partial charge in [-0.2, -0.15) is 0 Å². The lowest BCUT2D eigenvalue weighted by molar-refractivity contribution is -0.141. The number of ether oxygens (including phenoxy) is 2. The van der Waals surface area contributed by atoms with Crippen LogP contribution in [0.3, 0.4) is 0 Å². The van der Waals surface area contributed by atoms with Crippen molar-refractivity contribution in [3.05, 3.63) is 54.1 Å². The van der Waals surface area contributed by atoms with Crippen molar-refractivity contribution in [1.29, 1.82) is 0 Å². The van der Waals surface area contributed by atoms with Gasteiger partial charge in [-0.25, -0.2) is 8.42 Å². The molecule has 0 saturated heterocycles. The fourth-order valence-electron chi connectivity index (χ4n) is 4.78. The van der Waals surface area contributed by atoms with E-state index in [1.165, 1.54) is 4.31 Å². The van der Waals surface area contributed by atoms with Gasteiger partial charge in [-0.05, 0) is 75.1 Å². The second kappa shape index (κ2) is 14.2. The van der Waals surface area contributed by atoms with Crippen molar-refractivity contribution in [1.82, 2.24) is 10.2 Å². The number of nitrogens with one attached hydrogen (secondary N) is 1. The quantitative estimate of drug-likeness (QED) is 0.373. The number of methoxy groups -OCH3 is 1. The molecule has 0 aromatic heterocycles. The first kappa shape index (κ1) is 30.3.